The number of aromatic nitrogens is 2. The van der Waals surface area contributed by atoms with E-state index in [2.05, 4.69) is 28.5 Å². The van der Waals surface area contributed by atoms with Crippen LogP contribution in [0.5, 0.6) is 0 Å². The Morgan fingerprint density at radius 3 is 2.41 bits per heavy atom. The van der Waals surface area contributed by atoms with Crippen molar-refractivity contribution >= 4 is 11.5 Å². The molecule has 5 nitrogen and oxygen atoms in total. The van der Waals surface area contributed by atoms with Gasteiger partial charge in [-0.05, 0) is 28.8 Å². The van der Waals surface area contributed by atoms with Crippen LogP contribution in [-0.4, -0.2) is 21.0 Å². The highest BCUT2D eigenvalue weighted by Crippen LogP contribution is 2.23. The predicted molar refractivity (Wildman–Crippen MR) is 105 cm³/mol. The molecular formula is C22H18N4O. The van der Waals surface area contributed by atoms with Crippen molar-refractivity contribution in [2.75, 3.05) is 11.9 Å². The van der Waals surface area contributed by atoms with E-state index in [-0.39, 0.29) is 6.54 Å². The number of rotatable bonds is 5. The van der Waals surface area contributed by atoms with Crippen LogP contribution in [0, 0.1) is 11.3 Å². The highest BCUT2D eigenvalue weighted by molar-refractivity contribution is 5.63. The number of imidazole rings is 1. The van der Waals surface area contributed by atoms with Crippen molar-refractivity contribution in [2.24, 2.45) is 0 Å². The van der Waals surface area contributed by atoms with E-state index in [1.807, 2.05) is 60.7 Å². The Morgan fingerprint density at radius 2 is 1.67 bits per heavy atom. The molecule has 2 heterocycles. The highest BCUT2D eigenvalue weighted by Gasteiger charge is 2.14. The zero-order chi connectivity index (χ0) is 18.6. The summed E-state index contributed by atoms with van der Waals surface area (Å²) in [5.74, 6) is 0.476. The highest BCUT2D eigenvalue weighted by atomic mass is 16.3. The van der Waals surface area contributed by atoms with Gasteiger partial charge in [-0.3, -0.25) is 4.40 Å². The number of benzene rings is 2. The second-order valence-electron chi connectivity index (χ2n) is 6.23. The summed E-state index contributed by atoms with van der Waals surface area (Å²) >= 11 is 0. The smallest absolute Gasteiger partial charge is 0.168 e. The van der Waals surface area contributed by atoms with E-state index in [9.17, 15) is 10.4 Å². The van der Waals surface area contributed by atoms with Crippen molar-refractivity contribution in [3.05, 3.63) is 90.3 Å². The quantitative estimate of drug-likeness (QED) is 0.568. The number of nitriles is 1. The van der Waals surface area contributed by atoms with E-state index in [4.69, 9.17) is 0 Å². The number of aliphatic hydroxyl groups is 1. The molecular weight excluding hydrogens is 336 g/mol. The molecule has 132 valence electrons. The van der Waals surface area contributed by atoms with Crippen LogP contribution in [0.25, 0.3) is 16.8 Å². The molecule has 0 spiro atoms. The minimum Gasteiger partial charge on any atom is -0.387 e. The number of hydrogen-bond acceptors (Lipinski definition) is 4. The lowest BCUT2D eigenvalue weighted by molar-refractivity contribution is 0.191. The number of hydrogen-bond donors (Lipinski definition) is 2. The topological polar surface area (TPSA) is 73.3 Å². The lowest BCUT2D eigenvalue weighted by Gasteiger charge is -2.13. The summed E-state index contributed by atoms with van der Waals surface area (Å²) in [6.07, 6.45) is 1.09. The van der Waals surface area contributed by atoms with Gasteiger partial charge in [-0.2, -0.15) is 5.26 Å². The first-order chi connectivity index (χ1) is 13.3. The van der Waals surface area contributed by atoms with Gasteiger partial charge < -0.3 is 10.4 Å². The zero-order valence-corrected chi connectivity index (χ0v) is 14.6. The number of anilines is 1. The normalized spacial score (nSPS) is 11.9. The standard InChI is InChI=1S/C22H18N4O/c23-14-19-22(25-21-8-4-5-13-26(19)21)24-15-20(27)18-11-9-17(10-12-18)16-6-2-1-3-7-16/h1-13,20,24,27H,15H2. The van der Waals surface area contributed by atoms with Gasteiger partial charge in [0.2, 0.25) is 0 Å². The van der Waals surface area contributed by atoms with E-state index < -0.39 is 6.10 Å². The summed E-state index contributed by atoms with van der Waals surface area (Å²) in [4.78, 5) is 4.42. The fourth-order valence-electron chi connectivity index (χ4n) is 3.07. The fourth-order valence-corrected chi connectivity index (χ4v) is 3.07. The molecule has 0 aliphatic carbocycles. The molecule has 1 unspecified atom stereocenters. The Labute approximate surface area is 157 Å². The van der Waals surface area contributed by atoms with Gasteiger partial charge in [0.25, 0.3) is 0 Å². The minimum atomic E-state index is -0.703. The van der Waals surface area contributed by atoms with E-state index in [0.717, 1.165) is 16.7 Å². The van der Waals surface area contributed by atoms with E-state index in [1.54, 1.807) is 10.6 Å². The molecule has 2 aromatic heterocycles. The summed E-state index contributed by atoms with van der Waals surface area (Å²) < 4.78 is 1.73. The van der Waals surface area contributed by atoms with Gasteiger partial charge in [-0.15, -0.1) is 0 Å². The van der Waals surface area contributed by atoms with Gasteiger partial charge in [-0.1, -0.05) is 60.7 Å². The van der Waals surface area contributed by atoms with Crippen molar-refractivity contribution in [3.63, 3.8) is 0 Å². The largest absolute Gasteiger partial charge is 0.387 e. The molecule has 5 heteroatoms. The SMILES string of the molecule is N#Cc1c(NCC(O)c2ccc(-c3ccccc3)cc2)nc2ccccn12. The first kappa shape index (κ1) is 16.8. The average molecular weight is 354 g/mol. The molecule has 0 aliphatic rings. The summed E-state index contributed by atoms with van der Waals surface area (Å²) in [5.41, 5.74) is 4.17. The van der Waals surface area contributed by atoms with Crippen LogP contribution >= 0.6 is 0 Å². The fraction of sp³-hybridized carbons (Fsp3) is 0.0909. The summed E-state index contributed by atoms with van der Waals surface area (Å²) in [5, 5.41) is 23.0. The molecule has 0 saturated heterocycles. The lowest BCUT2D eigenvalue weighted by Crippen LogP contribution is -2.13. The number of nitrogens with zero attached hydrogens (tertiary/aromatic N) is 3. The third-order valence-electron chi connectivity index (χ3n) is 4.50. The van der Waals surface area contributed by atoms with Crippen LogP contribution in [0.15, 0.2) is 79.0 Å². The minimum absolute atomic E-state index is 0.267. The van der Waals surface area contributed by atoms with Crippen molar-refractivity contribution in [1.29, 1.82) is 5.26 Å². The molecule has 1 atom stereocenters. The van der Waals surface area contributed by atoms with Crippen LogP contribution in [0.2, 0.25) is 0 Å². The molecule has 2 aromatic carbocycles. The van der Waals surface area contributed by atoms with Crippen molar-refractivity contribution < 1.29 is 5.11 Å². The molecule has 27 heavy (non-hydrogen) atoms. The Morgan fingerprint density at radius 1 is 0.963 bits per heavy atom. The van der Waals surface area contributed by atoms with E-state index >= 15 is 0 Å². The first-order valence-electron chi connectivity index (χ1n) is 8.71. The summed E-state index contributed by atoms with van der Waals surface area (Å²) in [6, 6.07) is 25.7. The molecule has 0 fully saturated rings. The van der Waals surface area contributed by atoms with Crippen molar-refractivity contribution in [2.45, 2.75) is 6.10 Å². The van der Waals surface area contributed by atoms with Crippen molar-refractivity contribution in [3.8, 4) is 17.2 Å². The number of aliphatic hydroxyl groups excluding tert-OH is 1. The van der Waals surface area contributed by atoms with Crippen LogP contribution < -0.4 is 5.32 Å². The molecule has 0 saturated carbocycles. The maximum Gasteiger partial charge on any atom is 0.168 e. The Hall–Kier alpha value is -3.62. The third-order valence-corrected chi connectivity index (χ3v) is 4.50. The number of nitrogens with one attached hydrogen (secondary N) is 1. The van der Waals surface area contributed by atoms with Crippen LogP contribution in [0.1, 0.15) is 17.4 Å². The van der Waals surface area contributed by atoms with Gasteiger partial charge in [0, 0.05) is 12.7 Å². The predicted octanol–water partition coefficient (Wildman–Crippen LogP) is 4.02. The van der Waals surface area contributed by atoms with Gasteiger partial charge in [0.1, 0.15) is 11.7 Å². The monoisotopic (exact) mass is 354 g/mol. The van der Waals surface area contributed by atoms with E-state index in [1.165, 1.54) is 0 Å². The van der Waals surface area contributed by atoms with Gasteiger partial charge in [0.05, 0.1) is 6.10 Å². The van der Waals surface area contributed by atoms with Crippen LogP contribution in [0.3, 0.4) is 0 Å². The molecule has 0 bridgehead atoms. The Balaban J connectivity index is 1.48. The Kier molecular flexibility index (Phi) is 4.56. The number of pyridine rings is 1. The van der Waals surface area contributed by atoms with E-state index in [0.29, 0.717) is 17.2 Å². The lowest BCUT2D eigenvalue weighted by atomic mass is 10.0. The first-order valence-corrected chi connectivity index (χ1v) is 8.71. The molecule has 4 rings (SSSR count). The molecule has 0 amide bonds. The second-order valence-corrected chi connectivity index (χ2v) is 6.23. The maximum atomic E-state index is 10.5. The molecule has 0 radical (unpaired) electrons. The zero-order valence-electron chi connectivity index (χ0n) is 14.6. The molecule has 4 aromatic rings. The summed E-state index contributed by atoms with van der Waals surface area (Å²) in [7, 11) is 0. The molecule has 2 N–H and O–H groups in total. The van der Waals surface area contributed by atoms with Crippen LogP contribution in [-0.2, 0) is 0 Å². The van der Waals surface area contributed by atoms with Gasteiger partial charge >= 0.3 is 0 Å². The summed E-state index contributed by atoms with van der Waals surface area (Å²) in [6.45, 7) is 0.267. The number of fused-ring (bicyclic) bond motifs is 1. The van der Waals surface area contributed by atoms with Crippen LogP contribution in [0.4, 0.5) is 5.82 Å². The Bertz CT molecular complexity index is 1090. The third kappa shape index (κ3) is 3.39. The van der Waals surface area contributed by atoms with Crippen molar-refractivity contribution in [1.82, 2.24) is 9.38 Å². The maximum absolute atomic E-state index is 10.5. The van der Waals surface area contributed by atoms with Gasteiger partial charge in [-0.25, -0.2) is 4.98 Å². The second kappa shape index (κ2) is 7.32. The average Bonchev–Trinajstić information content (AvgIpc) is 3.10. The van der Waals surface area contributed by atoms with Gasteiger partial charge in [0.15, 0.2) is 11.5 Å². The molecule has 0 aliphatic heterocycles.